The lowest BCUT2D eigenvalue weighted by Crippen LogP contribution is -2.22. The molecule has 0 aromatic heterocycles. The Balaban J connectivity index is 1.94. The number of carbonyl (C=O) groups excluding carboxylic acids is 2. The van der Waals surface area contributed by atoms with Crippen LogP contribution in [0.1, 0.15) is 10.4 Å². The van der Waals surface area contributed by atoms with E-state index in [1.165, 1.54) is 6.07 Å². The molecule has 0 fully saturated rings. The van der Waals surface area contributed by atoms with Gasteiger partial charge >= 0.3 is 0 Å². The molecule has 2 aromatic rings. The van der Waals surface area contributed by atoms with Gasteiger partial charge in [0.25, 0.3) is 5.91 Å². The SMILES string of the molecule is CNC(=O)c1ccc(NC(=O)CNc2cc(Cl)c(Cl)cc2Cl)cc1. The number of benzene rings is 2. The molecule has 2 rings (SSSR count). The molecule has 0 bridgehead atoms. The van der Waals surface area contributed by atoms with E-state index in [-0.39, 0.29) is 18.4 Å². The molecule has 2 amide bonds. The minimum absolute atomic E-state index is 0.00508. The highest BCUT2D eigenvalue weighted by atomic mass is 35.5. The molecule has 3 N–H and O–H groups in total. The monoisotopic (exact) mass is 385 g/mol. The predicted molar refractivity (Wildman–Crippen MR) is 98.4 cm³/mol. The maximum Gasteiger partial charge on any atom is 0.251 e. The maximum absolute atomic E-state index is 12.0. The van der Waals surface area contributed by atoms with Crippen molar-refractivity contribution in [3.05, 3.63) is 57.0 Å². The normalized spacial score (nSPS) is 10.2. The lowest BCUT2D eigenvalue weighted by Gasteiger charge is -2.10. The number of hydrogen-bond acceptors (Lipinski definition) is 3. The third-order valence-electron chi connectivity index (χ3n) is 3.11. The van der Waals surface area contributed by atoms with Crippen LogP contribution in [0.15, 0.2) is 36.4 Å². The van der Waals surface area contributed by atoms with Crippen molar-refractivity contribution in [3.63, 3.8) is 0 Å². The van der Waals surface area contributed by atoms with Crippen LogP contribution in [-0.4, -0.2) is 25.4 Å². The summed E-state index contributed by atoms with van der Waals surface area (Å²) in [6.45, 7) is -0.00508. The zero-order valence-corrected chi connectivity index (χ0v) is 14.9. The van der Waals surface area contributed by atoms with Crippen molar-refractivity contribution in [2.45, 2.75) is 0 Å². The molecule has 0 aliphatic rings. The summed E-state index contributed by atoms with van der Waals surface area (Å²) < 4.78 is 0. The van der Waals surface area contributed by atoms with Crippen LogP contribution in [0, 0.1) is 0 Å². The van der Waals surface area contributed by atoms with Gasteiger partial charge in [-0.2, -0.15) is 0 Å². The molecule has 2 aromatic carbocycles. The van der Waals surface area contributed by atoms with Crippen molar-refractivity contribution in [1.82, 2.24) is 5.32 Å². The average Bonchev–Trinajstić information content (AvgIpc) is 2.57. The molecule has 5 nitrogen and oxygen atoms in total. The first-order valence-electron chi connectivity index (χ1n) is 6.91. The van der Waals surface area contributed by atoms with Crippen LogP contribution in [0.4, 0.5) is 11.4 Å². The van der Waals surface area contributed by atoms with Crippen molar-refractivity contribution >= 4 is 58.0 Å². The van der Waals surface area contributed by atoms with E-state index in [9.17, 15) is 9.59 Å². The fourth-order valence-corrected chi connectivity index (χ4v) is 2.50. The van der Waals surface area contributed by atoms with Crippen LogP contribution in [0.25, 0.3) is 0 Å². The largest absolute Gasteiger partial charge is 0.375 e. The second-order valence-electron chi connectivity index (χ2n) is 4.80. The summed E-state index contributed by atoms with van der Waals surface area (Å²) >= 11 is 17.8. The topological polar surface area (TPSA) is 70.2 Å². The second kappa shape index (κ2) is 8.24. The summed E-state index contributed by atoms with van der Waals surface area (Å²) in [5.74, 6) is -0.464. The maximum atomic E-state index is 12.0. The van der Waals surface area contributed by atoms with Gasteiger partial charge in [-0.15, -0.1) is 0 Å². The van der Waals surface area contributed by atoms with Gasteiger partial charge in [0.1, 0.15) is 0 Å². The second-order valence-corrected chi connectivity index (χ2v) is 6.03. The molecule has 8 heteroatoms. The fraction of sp³-hybridized carbons (Fsp3) is 0.125. The van der Waals surface area contributed by atoms with E-state index >= 15 is 0 Å². The first-order valence-corrected chi connectivity index (χ1v) is 8.04. The zero-order chi connectivity index (χ0) is 17.7. The van der Waals surface area contributed by atoms with Crippen molar-refractivity contribution in [3.8, 4) is 0 Å². The van der Waals surface area contributed by atoms with Crippen molar-refractivity contribution in [2.24, 2.45) is 0 Å². The average molecular weight is 387 g/mol. The summed E-state index contributed by atoms with van der Waals surface area (Å²) in [5.41, 5.74) is 1.60. The van der Waals surface area contributed by atoms with Crippen molar-refractivity contribution < 1.29 is 9.59 Å². The van der Waals surface area contributed by atoms with E-state index in [4.69, 9.17) is 34.8 Å². The predicted octanol–water partition coefficient (Wildman–Crippen LogP) is 4.06. The molecule has 0 radical (unpaired) electrons. The van der Waals surface area contributed by atoms with Gasteiger partial charge in [-0.25, -0.2) is 0 Å². The number of amides is 2. The zero-order valence-electron chi connectivity index (χ0n) is 12.6. The van der Waals surface area contributed by atoms with Gasteiger partial charge in [0, 0.05) is 18.3 Å². The Morgan fingerprint density at radius 2 is 1.58 bits per heavy atom. The molecule has 126 valence electrons. The van der Waals surface area contributed by atoms with Crippen molar-refractivity contribution in [1.29, 1.82) is 0 Å². The summed E-state index contributed by atoms with van der Waals surface area (Å²) in [4.78, 5) is 23.4. The van der Waals surface area contributed by atoms with Gasteiger partial charge in [-0.1, -0.05) is 34.8 Å². The van der Waals surface area contributed by atoms with E-state index < -0.39 is 0 Å². The van der Waals surface area contributed by atoms with Crippen LogP contribution in [-0.2, 0) is 4.79 Å². The molecule has 0 spiro atoms. The van der Waals surface area contributed by atoms with Crippen LogP contribution < -0.4 is 16.0 Å². The molecule has 0 atom stereocenters. The van der Waals surface area contributed by atoms with Gasteiger partial charge in [0.15, 0.2) is 0 Å². The van der Waals surface area contributed by atoms with E-state index in [0.717, 1.165) is 0 Å². The van der Waals surface area contributed by atoms with E-state index in [0.29, 0.717) is 32.0 Å². The van der Waals surface area contributed by atoms with Crippen molar-refractivity contribution in [2.75, 3.05) is 24.2 Å². The van der Waals surface area contributed by atoms with Gasteiger partial charge in [-0.3, -0.25) is 9.59 Å². The van der Waals surface area contributed by atoms with Gasteiger partial charge < -0.3 is 16.0 Å². The number of anilines is 2. The highest BCUT2D eigenvalue weighted by Crippen LogP contribution is 2.32. The van der Waals surface area contributed by atoms with Crippen LogP contribution in [0.5, 0.6) is 0 Å². The molecule has 0 heterocycles. The number of hydrogen-bond donors (Lipinski definition) is 3. The third kappa shape index (κ3) is 4.77. The summed E-state index contributed by atoms with van der Waals surface area (Å²) in [5, 5.41) is 9.17. The Hall–Kier alpha value is -1.95. The highest BCUT2D eigenvalue weighted by Gasteiger charge is 2.09. The molecule has 0 aliphatic heterocycles. The standard InChI is InChI=1S/C16H14Cl3N3O2/c1-20-16(24)9-2-4-10(5-3-9)22-15(23)8-21-14-7-12(18)11(17)6-13(14)19/h2-7,21H,8H2,1H3,(H,20,24)(H,22,23). The Labute approximate surface area is 154 Å². The van der Waals surface area contributed by atoms with Gasteiger partial charge in [0.05, 0.1) is 27.3 Å². The first-order chi connectivity index (χ1) is 11.4. The molecular formula is C16H14Cl3N3O2. The van der Waals surface area contributed by atoms with E-state index in [1.54, 1.807) is 37.4 Å². The highest BCUT2D eigenvalue weighted by molar-refractivity contribution is 6.44. The quantitative estimate of drug-likeness (QED) is 0.679. The Morgan fingerprint density at radius 1 is 0.958 bits per heavy atom. The minimum atomic E-state index is -0.273. The Kier molecular flexibility index (Phi) is 6.31. The third-order valence-corrected chi connectivity index (χ3v) is 4.14. The first kappa shape index (κ1) is 18.4. The van der Waals surface area contributed by atoms with Crippen LogP contribution in [0.2, 0.25) is 15.1 Å². The molecule has 24 heavy (non-hydrogen) atoms. The Morgan fingerprint density at radius 3 is 2.21 bits per heavy atom. The number of rotatable bonds is 5. The Bertz CT molecular complexity index is 764. The van der Waals surface area contributed by atoms with Crippen LogP contribution in [0.3, 0.4) is 0 Å². The van der Waals surface area contributed by atoms with Gasteiger partial charge in [-0.05, 0) is 36.4 Å². The molecular weight excluding hydrogens is 373 g/mol. The van der Waals surface area contributed by atoms with Gasteiger partial charge in [0.2, 0.25) is 5.91 Å². The number of nitrogens with one attached hydrogen (secondary N) is 3. The lowest BCUT2D eigenvalue weighted by atomic mass is 10.2. The molecule has 0 aliphatic carbocycles. The van der Waals surface area contributed by atoms with E-state index in [1.807, 2.05) is 0 Å². The van der Waals surface area contributed by atoms with Crippen LogP contribution >= 0.6 is 34.8 Å². The molecule has 0 saturated heterocycles. The number of carbonyl (C=O) groups is 2. The molecule has 0 saturated carbocycles. The summed E-state index contributed by atoms with van der Waals surface area (Å²) in [6, 6.07) is 9.60. The fourth-order valence-electron chi connectivity index (χ4n) is 1.89. The van der Waals surface area contributed by atoms with E-state index in [2.05, 4.69) is 16.0 Å². The summed E-state index contributed by atoms with van der Waals surface area (Å²) in [7, 11) is 1.55. The smallest absolute Gasteiger partial charge is 0.251 e. The summed E-state index contributed by atoms with van der Waals surface area (Å²) in [6.07, 6.45) is 0. The molecule has 0 unspecified atom stereocenters. The lowest BCUT2D eigenvalue weighted by molar-refractivity contribution is -0.114. The number of halogens is 3. The minimum Gasteiger partial charge on any atom is -0.375 e.